The predicted octanol–water partition coefficient (Wildman–Crippen LogP) is 1.53. The fourth-order valence-corrected chi connectivity index (χ4v) is 0.833. The SMILES string of the molecule is Cl.NCC(=O)c1cc(F)cc(F)c1. The van der Waals surface area contributed by atoms with Crippen molar-refractivity contribution in [2.24, 2.45) is 5.73 Å². The summed E-state index contributed by atoms with van der Waals surface area (Å²) in [4.78, 5) is 10.9. The Balaban J connectivity index is 0.00000144. The molecule has 0 fully saturated rings. The average Bonchev–Trinajstić information content (AvgIpc) is 2.01. The highest BCUT2D eigenvalue weighted by atomic mass is 35.5. The smallest absolute Gasteiger partial charge is 0.176 e. The first kappa shape index (κ1) is 12.0. The van der Waals surface area contributed by atoms with E-state index in [0.29, 0.717) is 6.07 Å². The molecular weight excluding hydrogens is 200 g/mol. The molecule has 1 aromatic carbocycles. The topological polar surface area (TPSA) is 43.1 Å². The Kier molecular flexibility index (Phi) is 4.51. The number of carbonyl (C=O) groups excluding carboxylic acids is 1. The zero-order valence-corrected chi connectivity index (χ0v) is 7.41. The van der Waals surface area contributed by atoms with Gasteiger partial charge in [-0.1, -0.05) is 0 Å². The van der Waals surface area contributed by atoms with Gasteiger partial charge in [-0.3, -0.25) is 4.79 Å². The summed E-state index contributed by atoms with van der Waals surface area (Å²) >= 11 is 0. The van der Waals surface area contributed by atoms with Crippen molar-refractivity contribution in [3.63, 3.8) is 0 Å². The summed E-state index contributed by atoms with van der Waals surface area (Å²) in [7, 11) is 0. The molecule has 0 spiro atoms. The van der Waals surface area contributed by atoms with Crippen molar-refractivity contribution in [2.75, 3.05) is 6.54 Å². The van der Waals surface area contributed by atoms with Gasteiger partial charge >= 0.3 is 0 Å². The minimum Gasteiger partial charge on any atom is -0.324 e. The Hall–Kier alpha value is -1.00. The molecule has 0 unspecified atom stereocenters. The number of rotatable bonds is 2. The van der Waals surface area contributed by atoms with Crippen molar-refractivity contribution in [2.45, 2.75) is 0 Å². The quantitative estimate of drug-likeness (QED) is 0.748. The van der Waals surface area contributed by atoms with Crippen molar-refractivity contribution in [3.8, 4) is 0 Å². The highest BCUT2D eigenvalue weighted by molar-refractivity contribution is 5.97. The van der Waals surface area contributed by atoms with E-state index in [9.17, 15) is 13.6 Å². The minimum atomic E-state index is -0.771. The third kappa shape index (κ3) is 3.08. The predicted molar refractivity (Wildman–Crippen MR) is 47.0 cm³/mol. The molecule has 0 saturated heterocycles. The monoisotopic (exact) mass is 207 g/mol. The van der Waals surface area contributed by atoms with E-state index in [2.05, 4.69) is 0 Å². The molecule has 13 heavy (non-hydrogen) atoms. The molecule has 5 heteroatoms. The third-order valence-corrected chi connectivity index (χ3v) is 1.37. The average molecular weight is 208 g/mol. The van der Waals surface area contributed by atoms with Crippen LogP contribution in [0.25, 0.3) is 0 Å². The maximum absolute atomic E-state index is 12.5. The van der Waals surface area contributed by atoms with E-state index in [1.54, 1.807) is 0 Å². The molecule has 2 nitrogen and oxygen atoms in total. The molecule has 0 amide bonds. The maximum atomic E-state index is 12.5. The second-order valence-corrected chi connectivity index (χ2v) is 2.29. The van der Waals surface area contributed by atoms with Gasteiger partial charge in [-0.15, -0.1) is 12.4 Å². The molecule has 0 radical (unpaired) electrons. The maximum Gasteiger partial charge on any atom is 0.176 e. The summed E-state index contributed by atoms with van der Waals surface area (Å²) in [5, 5.41) is 0. The van der Waals surface area contributed by atoms with Gasteiger partial charge in [-0.25, -0.2) is 8.78 Å². The summed E-state index contributed by atoms with van der Waals surface area (Å²) in [6.45, 7) is -0.247. The van der Waals surface area contributed by atoms with Gasteiger partial charge in [0, 0.05) is 11.6 Å². The largest absolute Gasteiger partial charge is 0.324 e. The van der Waals surface area contributed by atoms with Gasteiger partial charge in [-0.05, 0) is 12.1 Å². The number of hydrogen-bond donors (Lipinski definition) is 1. The number of ketones is 1. The van der Waals surface area contributed by atoms with Crippen molar-refractivity contribution in [1.82, 2.24) is 0 Å². The Bertz CT molecular complexity index is 297. The van der Waals surface area contributed by atoms with Crippen molar-refractivity contribution < 1.29 is 13.6 Å². The van der Waals surface area contributed by atoms with Crippen LogP contribution in [0, 0.1) is 11.6 Å². The Labute approximate surface area is 80.1 Å². The molecule has 0 atom stereocenters. The van der Waals surface area contributed by atoms with Gasteiger partial charge in [0.15, 0.2) is 5.78 Å². The number of nitrogens with two attached hydrogens (primary N) is 1. The highest BCUT2D eigenvalue weighted by Crippen LogP contribution is 2.07. The first-order valence-electron chi connectivity index (χ1n) is 3.33. The molecule has 72 valence electrons. The molecule has 0 aliphatic rings. The Morgan fingerprint density at radius 2 is 1.69 bits per heavy atom. The van der Waals surface area contributed by atoms with Crippen LogP contribution in [-0.4, -0.2) is 12.3 Å². The van der Waals surface area contributed by atoms with Crippen LogP contribution >= 0.6 is 12.4 Å². The molecule has 1 rings (SSSR count). The lowest BCUT2D eigenvalue weighted by Gasteiger charge is -1.97. The second kappa shape index (κ2) is 4.89. The van der Waals surface area contributed by atoms with Gasteiger partial charge < -0.3 is 5.73 Å². The van der Waals surface area contributed by atoms with Crippen LogP contribution in [0.5, 0.6) is 0 Å². The minimum absolute atomic E-state index is 0. The summed E-state index contributed by atoms with van der Waals surface area (Å²) in [6, 6.07) is 2.61. The lowest BCUT2D eigenvalue weighted by Crippen LogP contribution is -2.13. The molecule has 2 N–H and O–H groups in total. The summed E-state index contributed by atoms with van der Waals surface area (Å²) < 4.78 is 25.0. The van der Waals surface area contributed by atoms with Crippen LogP contribution in [0.3, 0.4) is 0 Å². The van der Waals surface area contributed by atoms with E-state index in [4.69, 9.17) is 5.73 Å². The molecular formula is C8H8ClF2NO. The van der Waals surface area contributed by atoms with Crippen molar-refractivity contribution in [3.05, 3.63) is 35.4 Å². The van der Waals surface area contributed by atoms with Crippen LogP contribution in [-0.2, 0) is 0 Å². The van der Waals surface area contributed by atoms with Gasteiger partial charge in [0.25, 0.3) is 0 Å². The molecule has 0 aliphatic carbocycles. The fraction of sp³-hybridized carbons (Fsp3) is 0.125. The van der Waals surface area contributed by atoms with E-state index in [0.717, 1.165) is 12.1 Å². The van der Waals surface area contributed by atoms with Crippen molar-refractivity contribution in [1.29, 1.82) is 0 Å². The summed E-state index contributed by atoms with van der Waals surface area (Å²) in [6.07, 6.45) is 0. The lowest BCUT2D eigenvalue weighted by molar-refractivity contribution is 0.100. The summed E-state index contributed by atoms with van der Waals surface area (Å²) in [5.41, 5.74) is 4.98. The van der Waals surface area contributed by atoms with Gasteiger partial charge in [0.05, 0.1) is 6.54 Å². The van der Waals surface area contributed by atoms with Gasteiger partial charge in [0.2, 0.25) is 0 Å². The fourth-order valence-electron chi connectivity index (χ4n) is 0.833. The van der Waals surface area contributed by atoms with E-state index >= 15 is 0 Å². The first-order valence-corrected chi connectivity index (χ1v) is 3.33. The molecule has 1 aromatic rings. The molecule has 0 bridgehead atoms. The van der Waals surface area contributed by atoms with Crippen LogP contribution in [0.15, 0.2) is 18.2 Å². The second-order valence-electron chi connectivity index (χ2n) is 2.29. The number of Topliss-reactive ketones (excluding diaryl/α,β-unsaturated/α-hetero) is 1. The van der Waals surface area contributed by atoms with E-state index < -0.39 is 17.4 Å². The third-order valence-electron chi connectivity index (χ3n) is 1.37. The number of carbonyl (C=O) groups is 1. The summed E-state index contributed by atoms with van der Waals surface area (Å²) in [5.74, 6) is -2.02. The van der Waals surface area contributed by atoms with Crippen molar-refractivity contribution >= 4 is 18.2 Å². The number of halogens is 3. The van der Waals surface area contributed by atoms with E-state index in [-0.39, 0.29) is 24.5 Å². The molecule has 0 aliphatic heterocycles. The standard InChI is InChI=1S/C8H7F2NO.ClH/c9-6-1-5(8(12)4-11)2-7(10)3-6;/h1-3H,4,11H2;1H. The van der Waals surface area contributed by atoms with Crippen LogP contribution < -0.4 is 5.73 Å². The van der Waals surface area contributed by atoms with E-state index in [1.807, 2.05) is 0 Å². The Morgan fingerprint density at radius 3 is 2.08 bits per heavy atom. The zero-order valence-electron chi connectivity index (χ0n) is 6.59. The number of hydrogen-bond acceptors (Lipinski definition) is 2. The highest BCUT2D eigenvalue weighted by Gasteiger charge is 2.06. The van der Waals surface area contributed by atoms with Gasteiger partial charge in [0.1, 0.15) is 11.6 Å². The van der Waals surface area contributed by atoms with Crippen LogP contribution in [0.4, 0.5) is 8.78 Å². The lowest BCUT2D eigenvalue weighted by atomic mass is 10.1. The van der Waals surface area contributed by atoms with Crippen LogP contribution in [0.1, 0.15) is 10.4 Å². The number of benzene rings is 1. The van der Waals surface area contributed by atoms with Crippen LogP contribution in [0.2, 0.25) is 0 Å². The Morgan fingerprint density at radius 1 is 1.23 bits per heavy atom. The first-order chi connectivity index (χ1) is 5.63. The van der Waals surface area contributed by atoms with Gasteiger partial charge in [-0.2, -0.15) is 0 Å². The molecule has 0 saturated carbocycles. The van der Waals surface area contributed by atoms with E-state index in [1.165, 1.54) is 0 Å². The zero-order chi connectivity index (χ0) is 9.14. The molecule has 0 aromatic heterocycles. The molecule has 0 heterocycles. The normalized spacial score (nSPS) is 9.15.